The van der Waals surface area contributed by atoms with Crippen molar-refractivity contribution < 1.29 is 9.90 Å². The molecule has 0 aliphatic carbocycles. The fourth-order valence-corrected chi connectivity index (χ4v) is 4.09. The summed E-state index contributed by atoms with van der Waals surface area (Å²) < 4.78 is 2.18. The summed E-state index contributed by atoms with van der Waals surface area (Å²) in [6.45, 7) is 2.12. The summed E-state index contributed by atoms with van der Waals surface area (Å²) >= 11 is 3.24. The summed E-state index contributed by atoms with van der Waals surface area (Å²) in [5, 5.41) is 18.0. The molecule has 0 bridgehead atoms. The number of aryl methyl sites for hydroxylation is 1. The first kappa shape index (κ1) is 14.7. The highest BCUT2D eigenvalue weighted by Gasteiger charge is 2.23. The molecule has 0 radical (unpaired) electrons. The van der Waals surface area contributed by atoms with Crippen LogP contribution in [0, 0.1) is 0 Å². The first-order chi connectivity index (χ1) is 9.22. The molecule has 2 heterocycles. The fourth-order valence-electron chi connectivity index (χ4n) is 2.22. The van der Waals surface area contributed by atoms with E-state index in [1.165, 1.54) is 23.9 Å². The Hall–Kier alpha value is -0.690. The van der Waals surface area contributed by atoms with Crippen LogP contribution in [0.25, 0.3) is 0 Å². The van der Waals surface area contributed by atoms with Gasteiger partial charge in [-0.3, -0.25) is 4.79 Å². The second-order valence-corrected chi connectivity index (χ2v) is 6.66. The Morgan fingerprint density at radius 1 is 1.58 bits per heavy atom. The Kier molecular flexibility index (Phi) is 5.57. The van der Waals surface area contributed by atoms with Gasteiger partial charge >= 0.3 is 5.97 Å². The third-order valence-electron chi connectivity index (χ3n) is 3.03. The summed E-state index contributed by atoms with van der Waals surface area (Å²) in [5.74, 6) is 2.54. The molecule has 0 saturated carbocycles. The van der Waals surface area contributed by atoms with E-state index in [-0.39, 0.29) is 5.75 Å². The van der Waals surface area contributed by atoms with Crippen molar-refractivity contribution in [3.8, 4) is 0 Å². The zero-order valence-corrected chi connectivity index (χ0v) is 12.7. The predicted octanol–water partition coefficient (Wildman–Crippen LogP) is 2.48. The maximum Gasteiger partial charge on any atom is 0.313 e. The molecule has 1 saturated heterocycles. The van der Waals surface area contributed by atoms with Crippen molar-refractivity contribution in [1.29, 1.82) is 0 Å². The average molecular weight is 301 g/mol. The van der Waals surface area contributed by atoms with Crippen molar-refractivity contribution >= 4 is 29.5 Å². The lowest BCUT2D eigenvalue weighted by Gasteiger charge is -2.25. The lowest BCUT2D eigenvalue weighted by atomic mass is 10.2. The van der Waals surface area contributed by atoms with E-state index in [2.05, 4.69) is 21.7 Å². The summed E-state index contributed by atoms with van der Waals surface area (Å²) in [5.41, 5.74) is 0. The normalized spacial score (nSPS) is 19.5. The minimum Gasteiger partial charge on any atom is -0.481 e. The first-order valence-electron chi connectivity index (χ1n) is 6.58. The average Bonchev–Trinajstić information content (AvgIpc) is 2.81. The van der Waals surface area contributed by atoms with Gasteiger partial charge in [0.2, 0.25) is 0 Å². The molecular formula is C12H19N3O2S2. The van der Waals surface area contributed by atoms with E-state index >= 15 is 0 Å². The molecule has 1 aliphatic heterocycles. The fraction of sp³-hybridized carbons (Fsp3) is 0.750. The molecule has 1 N–H and O–H groups in total. The maximum absolute atomic E-state index is 10.7. The van der Waals surface area contributed by atoms with Gasteiger partial charge in [-0.15, -0.1) is 10.2 Å². The minimum atomic E-state index is -0.811. The van der Waals surface area contributed by atoms with Crippen LogP contribution in [0.2, 0.25) is 0 Å². The molecule has 19 heavy (non-hydrogen) atoms. The number of carboxylic acid groups (broad SMARTS) is 1. The van der Waals surface area contributed by atoms with Gasteiger partial charge in [0.05, 0.1) is 5.75 Å². The van der Waals surface area contributed by atoms with Gasteiger partial charge in [0, 0.05) is 18.2 Å². The van der Waals surface area contributed by atoms with E-state index in [1.54, 1.807) is 0 Å². The zero-order chi connectivity index (χ0) is 13.7. The van der Waals surface area contributed by atoms with E-state index in [4.69, 9.17) is 5.11 Å². The second kappa shape index (κ2) is 7.19. The summed E-state index contributed by atoms with van der Waals surface area (Å²) in [6, 6.07) is 0.423. The highest BCUT2D eigenvalue weighted by molar-refractivity contribution is 7.99. The van der Waals surface area contributed by atoms with Gasteiger partial charge in [-0.05, 0) is 25.0 Å². The molecule has 1 fully saturated rings. The van der Waals surface area contributed by atoms with Crippen molar-refractivity contribution in [3.05, 3.63) is 5.82 Å². The predicted molar refractivity (Wildman–Crippen MR) is 78.0 cm³/mol. The van der Waals surface area contributed by atoms with Gasteiger partial charge in [0.1, 0.15) is 5.82 Å². The largest absolute Gasteiger partial charge is 0.481 e. The Labute approximate surface area is 121 Å². The van der Waals surface area contributed by atoms with Crippen LogP contribution < -0.4 is 0 Å². The number of aromatic nitrogens is 3. The molecular weight excluding hydrogens is 282 g/mol. The van der Waals surface area contributed by atoms with Gasteiger partial charge in [0.15, 0.2) is 5.16 Å². The van der Waals surface area contributed by atoms with Crippen LogP contribution in [-0.4, -0.2) is 43.1 Å². The number of carboxylic acids is 1. The number of carbonyl (C=O) groups is 1. The SMILES string of the molecule is CCCc1nnc(SCC(=O)O)n1C1CCCSC1. The van der Waals surface area contributed by atoms with Gasteiger partial charge in [-0.25, -0.2) is 0 Å². The van der Waals surface area contributed by atoms with E-state index in [9.17, 15) is 4.79 Å². The van der Waals surface area contributed by atoms with Crippen molar-refractivity contribution in [2.75, 3.05) is 17.3 Å². The Bertz CT molecular complexity index is 431. The number of rotatable bonds is 6. The number of thioether (sulfide) groups is 2. The highest BCUT2D eigenvalue weighted by atomic mass is 32.2. The molecule has 5 nitrogen and oxygen atoms in total. The molecule has 7 heteroatoms. The molecule has 2 rings (SSSR count). The van der Waals surface area contributed by atoms with Crippen LogP contribution in [0.1, 0.15) is 38.1 Å². The lowest BCUT2D eigenvalue weighted by Crippen LogP contribution is -2.19. The molecule has 0 spiro atoms. The van der Waals surface area contributed by atoms with Gasteiger partial charge in [0.25, 0.3) is 0 Å². The molecule has 1 aliphatic rings. The van der Waals surface area contributed by atoms with Gasteiger partial charge in [-0.1, -0.05) is 18.7 Å². The van der Waals surface area contributed by atoms with Crippen molar-refractivity contribution in [2.24, 2.45) is 0 Å². The van der Waals surface area contributed by atoms with Crippen LogP contribution in [0.4, 0.5) is 0 Å². The smallest absolute Gasteiger partial charge is 0.313 e. The molecule has 1 aromatic heterocycles. The molecule has 0 aromatic carbocycles. The van der Waals surface area contributed by atoms with Crippen LogP contribution in [0.5, 0.6) is 0 Å². The van der Waals surface area contributed by atoms with Crippen LogP contribution in [-0.2, 0) is 11.2 Å². The lowest BCUT2D eigenvalue weighted by molar-refractivity contribution is -0.133. The molecule has 1 unspecified atom stereocenters. The minimum absolute atomic E-state index is 0.0458. The molecule has 0 amide bonds. The number of aliphatic carboxylic acids is 1. The van der Waals surface area contributed by atoms with E-state index in [0.717, 1.165) is 36.0 Å². The monoisotopic (exact) mass is 301 g/mol. The molecule has 106 valence electrons. The molecule has 1 aromatic rings. The number of nitrogens with zero attached hydrogens (tertiary/aromatic N) is 3. The summed E-state index contributed by atoms with van der Waals surface area (Å²) in [6.07, 6.45) is 4.29. The van der Waals surface area contributed by atoms with Crippen LogP contribution >= 0.6 is 23.5 Å². The summed E-state index contributed by atoms with van der Waals surface area (Å²) in [4.78, 5) is 10.7. The zero-order valence-electron chi connectivity index (χ0n) is 11.0. The quantitative estimate of drug-likeness (QED) is 0.814. The van der Waals surface area contributed by atoms with Gasteiger partial charge < -0.3 is 9.67 Å². The third-order valence-corrected chi connectivity index (χ3v) is 5.16. The Balaban J connectivity index is 2.18. The van der Waals surface area contributed by atoms with Crippen molar-refractivity contribution in [2.45, 2.75) is 43.8 Å². The third kappa shape index (κ3) is 3.89. The van der Waals surface area contributed by atoms with Gasteiger partial charge in [-0.2, -0.15) is 11.8 Å². The maximum atomic E-state index is 10.7. The Morgan fingerprint density at radius 3 is 3.05 bits per heavy atom. The van der Waals surface area contributed by atoms with Crippen LogP contribution in [0.15, 0.2) is 5.16 Å². The summed E-state index contributed by atoms with van der Waals surface area (Å²) in [7, 11) is 0. The van der Waals surface area contributed by atoms with E-state index in [0.29, 0.717) is 6.04 Å². The number of hydrogen-bond acceptors (Lipinski definition) is 5. The molecule has 1 atom stereocenters. The van der Waals surface area contributed by atoms with E-state index < -0.39 is 5.97 Å². The van der Waals surface area contributed by atoms with Crippen molar-refractivity contribution in [1.82, 2.24) is 14.8 Å². The Morgan fingerprint density at radius 2 is 2.42 bits per heavy atom. The number of hydrogen-bond donors (Lipinski definition) is 1. The highest BCUT2D eigenvalue weighted by Crippen LogP contribution is 2.31. The van der Waals surface area contributed by atoms with Crippen LogP contribution in [0.3, 0.4) is 0 Å². The topological polar surface area (TPSA) is 68.0 Å². The van der Waals surface area contributed by atoms with E-state index in [1.807, 2.05) is 11.8 Å². The van der Waals surface area contributed by atoms with Crippen molar-refractivity contribution in [3.63, 3.8) is 0 Å². The standard InChI is InChI=1S/C12H19N3O2S2/c1-2-4-10-13-14-12(19-8-11(16)17)15(10)9-5-3-6-18-7-9/h9H,2-8H2,1H3,(H,16,17). The first-order valence-corrected chi connectivity index (χ1v) is 8.72. The second-order valence-electron chi connectivity index (χ2n) is 4.57.